The van der Waals surface area contributed by atoms with Crippen molar-refractivity contribution in [1.82, 2.24) is 5.32 Å². The number of imide groups is 1. The van der Waals surface area contributed by atoms with E-state index < -0.39 is 17.8 Å². The van der Waals surface area contributed by atoms with Gasteiger partial charge in [0.2, 0.25) is 0 Å². The lowest BCUT2D eigenvalue weighted by Crippen LogP contribution is -2.20. The largest absolute Gasteiger partial charge is 0.461 e. The smallest absolute Gasteiger partial charge is 0.310 e. The number of carbonyl (C=O) groups is 3. The van der Waals surface area contributed by atoms with Crippen molar-refractivity contribution in [3.63, 3.8) is 0 Å². The fraction of sp³-hybridized carbons (Fsp3) is 0.346. The average molecular weight is 420 g/mol. The highest BCUT2D eigenvalue weighted by atomic mass is 16.5. The van der Waals surface area contributed by atoms with E-state index in [4.69, 9.17) is 4.74 Å². The van der Waals surface area contributed by atoms with Crippen LogP contribution in [0.5, 0.6) is 0 Å². The van der Waals surface area contributed by atoms with Gasteiger partial charge in [-0.05, 0) is 60.9 Å². The molecule has 0 radical (unpaired) electrons. The van der Waals surface area contributed by atoms with Crippen LogP contribution in [0.3, 0.4) is 0 Å². The summed E-state index contributed by atoms with van der Waals surface area (Å²) >= 11 is 0. The van der Waals surface area contributed by atoms with E-state index in [0.717, 1.165) is 24.0 Å². The van der Waals surface area contributed by atoms with E-state index in [1.807, 2.05) is 19.1 Å². The molecule has 2 amide bonds. The molecule has 0 fully saturated rings. The van der Waals surface area contributed by atoms with Crippen LogP contribution >= 0.6 is 0 Å². The van der Waals surface area contributed by atoms with Crippen LogP contribution in [0.4, 0.5) is 0 Å². The lowest BCUT2D eigenvalue weighted by Gasteiger charge is -2.11. The number of unbranched alkanes of at least 4 members (excludes halogenated alkanes) is 4. The zero-order valence-electron chi connectivity index (χ0n) is 18.0. The lowest BCUT2D eigenvalue weighted by molar-refractivity contribution is -0.144. The second-order valence-corrected chi connectivity index (χ2v) is 7.96. The maximum Gasteiger partial charge on any atom is 0.310 e. The number of rotatable bonds is 11. The molecule has 1 N–H and O–H groups in total. The van der Waals surface area contributed by atoms with E-state index in [2.05, 4.69) is 24.0 Å². The van der Waals surface area contributed by atoms with Gasteiger partial charge in [-0.2, -0.15) is 0 Å². The van der Waals surface area contributed by atoms with Crippen LogP contribution in [0.25, 0.3) is 0 Å². The Hall–Kier alpha value is -3.21. The highest BCUT2D eigenvalue weighted by molar-refractivity contribution is 6.22. The molecular weight excluding hydrogens is 390 g/mol. The molecule has 0 saturated carbocycles. The van der Waals surface area contributed by atoms with E-state index >= 15 is 0 Å². The van der Waals surface area contributed by atoms with Crippen LogP contribution in [0.15, 0.2) is 49.1 Å². The first kappa shape index (κ1) is 22.5. The van der Waals surface area contributed by atoms with E-state index in [9.17, 15) is 14.4 Å². The number of esters is 1. The molecule has 1 heterocycles. The van der Waals surface area contributed by atoms with Crippen LogP contribution in [-0.4, -0.2) is 17.8 Å². The third-order valence-electron chi connectivity index (χ3n) is 5.60. The highest BCUT2D eigenvalue weighted by Crippen LogP contribution is 2.21. The maximum absolute atomic E-state index is 12.4. The number of aryl methyl sites for hydroxylation is 2. The zero-order valence-corrected chi connectivity index (χ0v) is 18.0. The Labute approximate surface area is 183 Å². The van der Waals surface area contributed by atoms with E-state index in [1.165, 1.54) is 31.2 Å². The minimum atomic E-state index is -0.462. The predicted molar refractivity (Wildman–Crippen MR) is 120 cm³/mol. The van der Waals surface area contributed by atoms with Crippen molar-refractivity contribution in [3.8, 4) is 0 Å². The quantitative estimate of drug-likeness (QED) is 0.245. The number of allylic oxidation sites excluding steroid dienone is 1. The first-order valence-electron chi connectivity index (χ1n) is 10.8. The van der Waals surface area contributed by atoms with Gasteiger partial charge in [0, 0.05) is 0 Å². The molecule has 0 aliphatic carbocycles. The average Bonchev–Trinajstić information content (AvgIpc) is 3.04. The molecule has 31 heavy (non-hydrogen) atoms. The molecule has 1 aliphatic rings. The molecule has 0 aromatic heterocycles. The lowest BCUT2D eigenvalue weighted by atomic mass is 10.00. The fourth-order valence-corrected chi connectivity index (χ4v) is 3.85. The van der Waals surface area contributed by atoms with Gasteiger partial charge in [0.05, 0.1) is 17.5 Å². The third-order valence-corrected chi connectivity index (χ3v) is 5.60. The Bertz CT molecular complexity index is 993. The SMILES string of the molecule is C=CCCCCCCc1ccc(COC(=O)Cc2cccc3c2C(=O)NC3=O)c(C)c1. The highest BCUT2D eigenvalue weighted by Gasteiger charge is 2.29. The Morgan fingerprint density at radius 1 is 1.03 bits per heavy atom. The van der Waals surface area contributed by atoms with Gasteiger partial charge >= 0.3 is 5.97 Å². The molecule has 0 saturated heterocycles. The van der Waals surface area contributed by atoms with Gasteiger partial charge in [0.1, 0.15) is 6.61 Å². The molecule has 2 aromatic carbocycles. The molecule has 5 nitrogen and oxygen atoms in total. The molecule has 162 valence electrons. The molecule has 1 aliphatic heterocycles. The second-order valence-electron chi connectivity index (χ2n) is 7.96. The van der Waals surface area contributed by atoms with Gasteiger partial charge in [0.25, 0.3) is 11.8 Å². The summed E-state index contributed by atoms with van der Waals surface area (Å²) in [6, 6.07) is 11.2. The number of hydrogen-bond donors (Lipinski definition) is 1. The zero-order chi connectivity index (χ0) is 22.2. The predicted octanol–water partition coefficient (Wildman–Crippen LogP) is 4.84. The summed E-state index contributed by atoms with van der Waals surface area (Å²) < 4.78 is 5.45. The summed E-state index contributed by atoms with van der Waals surface area (Å²) in [7, 11) is 0. The number of ether oxygens (including phenoxy) is 1. The Balaban J connectivity index is 1.50. The first-order valence-corrected chi connectivity index (χ1v) is 10.8. The van der Waals surface area contributed by atoms with Crippen molar-refractivity contribution in [2.24, 2.45) is 0 Å². The van der Waals surface area contributed by atoms with Gasteiger partial charge < -0.3 is 4.74 Å². The van der Waals surface area contributed by atoms with Gasteiger partial charge in [-0.15, -0.1) is 6.58 Å². The standard InChI is InChI=1S/C26H29NO4/c1-3-4-5-6-7-8-10-19-13-14-21(18(2)15-19)17-31-23(28)16-20-11-9-12-22-24(20)26(30)27-25(22)29/h3,9,11-15H,1,4-8,10,16-17H2,2H3,(H,27,29,30). The van der Waals surface area contributed by atoms with Crippen molar-refractivity contribution in [3.05, 3.63) is 82.4 Å². The number of carbonyl (C=O) groups excluding carboxylic acids is 3. The van der Waals surface area contributed by atoms with Gasteiger partial charge in [-0.1, -0.05) is 49.2 Å². The molecule has 0 spiro atoms. The van der Waals surface area contributed by atoms with E-state index in [0.29, 0.717) is 11.1 Å². The molecule has 0 unspecified atom stereocenters. The first-order chi connectivity index (χ1) is 15.0. The Kier molecular flexibility index (Phi) is 7.76. The van der Waals surface area contributed by atoms with Crippen LogP contribution in [0.1, 0.15) is 75.1 Å². The summed E-state index contributed by atoms with van der Waals surface area (Å²) in [6.07, 6.45) is 8.89. The molecule has 5 heteroatoms. The number of fused-ring (bicyclic) bond motifs is 1. The topological polar surface area (TPSA) is 72.5 Å². The van der Waals surface area contributed by atoms with Crippen LogP contribution < -0.4 is 5.32 Å². The van der Waals surface area contributed by atoms with Crippen LogP contribution in [0, 0.1) is 6.92 Å². The van der Waals surface area contributed by atoms with Gasteiger partial charge in [-0.3, -0.25) is 19.7 Å². The molecule has 0 bridgehead atoms. The minimum Gasteiger partial charge on any atom is -0.461 e. The molecule has 0 atom stereocenters. The summed E-state index contributed by atoms with van der Waals surface area (Å²) in [5.74, 6) is -1.32. The van der Waals surface area contributed by atoms with Crippen molar-refractivity contribution in [2.75, 3.05) is 0 Å². The van der Waals surface area contributed by atoms with Crippen LogP contribution in [-0.2, 0) is 29.0 Å². The monoisotopic (exact) mass is 419 g/mol. The van der Waals surface area contributed by atoms with Gasteiger partial charge in [-0.25, -0.2) is 0 Å². The number of amides is 2. The Morgan fingerprint density at radius 3 is 2.61 bits per heavy atom. The second kappa shape index (κ2) is 10.7. The van der Waals surface area contributed by atoms with Crippen molar-refractivity contribution >= 4 is 17.8 Å². The van der Waals surface area contributed by atoms with E-state index in [-0.39, 0.29) is 18.6 Å². The fourth-order valence-electron chi connectivity index (χ4n) is 3.85. The minimum absolute atomic E-state index is 0.0488. The number of hydrogen-bond acceptors (Lipinski definition) is 4. The van der Waals surface area contributed by atoms with Crippen LogP contribution in [0.2, 0.25) is 0 Å². The number of benzene rings is 2. The molecule has 2 aromatic rings. The van der Waals surface area contributed by atoms with Gasteiger partial charge in [0.15, 0.2) is 0 Å². The normalized spacial score (nSPS) is 12.4. The van der Waals surface area contributed by atoms with Crippen molar-refractivity contribution in [2.45, 2.75) is 58.5 Å². The Morgan fingerprint density at radius 2 is 1.84 bits per heavy atom. The molecular formula is C26H29NO4. The summed E-state index contributed by atoms with van der Waals surface area (Å²) in [6.45, 7) is 5.96. The maximum atomic E-state index is 12.4. The number of nitrogens with one attached hydrogen (secondary N) is 1. The molecule has 3 rings (SSSR count). The van der Waals surface area contributed by atoms with Crippen molar-refractivity contribution in [1.29, 1.82) is 0 Å². The summed E-state index contributed by atoms with van der Waals surface area (Å²) in [4.78, 5) is 36.1. The summed E-state index contributed by atoms with van der Waals surface area (Å²) in [5.41, 5.74) is 4.45. The van der Waals surface area contributed by atoms with Crippen molar-refractivity contribution < 1.29 is 19.1 Å². The summed E-state index contributed by atoms with van der Waals surface area (Å²) in [5, 5.41) is 2.26. The van der Waals surface area contributed by atoms with E-state index in [1.54, 1.807) is 18.2 Å². The third kappa shape index (κ3) is 5.91.